The lowest BCUT2D eigenvalue weighted by Crippen LogP contribution is -1.34. The van der Waals surface area contributed by atoms with Crippen LogP contribution in [0.5, 0.6) is 0 Å². The van der Waals surface area contributed by atoms with Crippen LogP contribution in [0.4, 0.5) is 0 Å². The van der Waals surface area contributed by atoms with Crippen LogP contribution in [0.15, 0.2) is 11.6 Å². The summed E-state index contributed by atoms with van der Waals surface area (Å²) in [5, 5.41) is 15.2. The summed E-state index contributed by atoms with van der Waals surface area (Å²) in [5.74, 6) is 0. The van der Waals surface area contributed by atoms with E-state index in [1.807, 2.05) is 0 Å². The molecule has 0 N–H and O–H groups in total. The summed E-state index contributed by atoms with van der Waals surface area (Å²) in [6, 6.07) is 2.47. The molecule has 0 atom stereocenters. The quantitative estimate of drug-likeness (QED) is 0.499. The highest BCUT2D eigenvalue weighted by Crippen LogP contribution is 1.87. The molecule has 42 valence electrons. The number of rotatable bonds is 0. The second-order valence-electron chi connectivity index (χ2n) is 0.900. The maximum Gasteiger partial charge on any atom is 0.181 e. The Morgan fingerprint density at radius 1 is 1.50 bits per heavy atom. The minimum absolute atomic E-state index is 0.639. The molecule has 3 heteroatoms. The molecule has 0 aliphatic rings. The van der Waals surface area contributed by atoms with Gasteiger partial charge in [-0.05, 0) is 6.92 Å². The highest BCUT2D eigenvalue weighted by molar-refractivity contribution is 6.28. The molecule has 0 rings (SSSR count). The van der Waals surface area contributed by atoms with Crippen molar-refractivity contribution >= 4 is 11.6 Å². The molecule has 0 heterocycles. The van der Waals surface area contributed by atoms with Gasteiger partial charge in [0.1, 0.15) is 0 Å². The minimum atomic E-state index is 0.639. The molecule has 8 heavy (non-hydrogen) atoms. The van der Waals surface area contributed by atoms with Crippen molar-refractivity contribution < 1.29 is 0 Å². The minimum Gasteiger partial charge on any atom is -0.181 e. The van der Waals surface area contributed by atoms with Crippen LogP contribution < -0.4 is 0 Å². The van der Waals surface area contributed by atoms with Crippen molar-refractivity contribution in [2.24, 2.45) is 0 Å². The summed E-state index contributed by atoms with van der Waals surface area (Å²) >= 11 is 5.08. The first-order valence-electron chi connectivity index (χ1n) is 1.74. The van der Waals surface area contributed by atoms with E-state index in [-0.39, 0.29) is 0 Å². The van der Waals surface area contributed by atoms with Crippen molar-refractivity contribution in [1.29, 1.82) is 10.5 Å². The first-order chi connectivity index (χ1) is 3.65. The van der Waals surface area contributed by atoms with Crippen molar-refractivity contribution in [3.63, 3.8) is 0 Å². The Labute approximate surface area is 53.6 Å². The van der Waals surface area contributed by atoms with Gasteiger partial charge in [-0.3, -0.25) is 0 Å². The van der Waals surface area contributed by atoms with Gasteiger partial charge in [0.2, 0.25) is 0 Å². The van der Waals surface area contributed by atoms with Crippen molar-refractivity contribution in [2.45, 2.75) is 6.92 Å². The lowest BCUT2D eigenvalue weighted by Gasteiger charge is -1.61. The molecule has 0 aromatic heterocycles. The molecule has 0 saturated carbocycles. The second-order valence-corrected chi connectivity index (χ2v) is 1.54. The summed E-state index contributed by atoms with van der Waals surface area (Å²) in [5.41, 5.74) is 0. The Hall–Kier alpha value is -0.990. The Morgan fingerprint density at radius 2 is 1.62 bits per heavy atom. The molecule has 0 saturated heterocycles. The van der Waals surface area contributed by atoms with Crippen LogP contribution in [-0.2, 0) is 0 Å². The van der Waals surface area contributed by atoms with Gasteiger partial charge in [-0.2, -0.15) is 10.5 Å². The monoisotopic (exact) mass is 128 g/mol. The molecule has 0 amide bonds. The van der Waals surface area contributed by atoms with Crippen molar-refractivity contribution in [3.8, 4) is 12.1 Å². The molecule has 0 unspecified atom stereocenters. The number of nitriles is 2. The number of nitrogens with zero attached hydrogens (tertiary/aromatic N) is 2. The van der Waals surface area contributed by atoms with Gasteiger partial charge in [0.25, 0.3) is 0 Å². The normalized spacial score (nSPS) is 4.50. The zero-order chi connectivity index (χ0) is 6.99. The van der Waals surface area contributed by atoms with Crippen LogP contribution >= 0.6 is 11.6 Å². The average Bonchev–Trinajstić information content (AvgIpc) is 1.65. The van der Waals surface area contributed by atoms with E-state index < -0.39 is 0 Å². The van der Waals surface area contributed by atoms with Crippen LogP contribution in [0.2, 0.25) is 0 Å². The first-order valence-corrected chi connectivity index (χ1v) is 2.12. The molecule has 0 fully saturated rings. The fraction of sp³-hybridized carbons (Fsp3) is 0.200. The zero-order valence-corrected chi connectivity index (χ0v) is 5.24. The summed E-state index contributed by atoms with van der Waals surface area (Å²) < 4.78 is 0. The summed E-state index contributed by atoms with van der Waals surface area (Å²) in [6.07, 6.45) is 0. The Balaban J connectivity index is 0. The van der Waals surface area contributed by atoms with Crippen LogP contribution in [0, 0.1) is 22.7 Å². The van der Waals surface area contributed by atoms with E-state index in [1.54, 1.807) is 6.92 Å². The van der Waals surface area contributed by atoms with Gasteiger partial charge >= 0.3 is 0 Å². The van der Waals surface area contributed by atoms with Gasteiger partial charge in [0, 0.05) is 5.03 Å². The Bertz CT molecular complexity index is 121. The van der Waals surface area contributed by atoms with E-state index in [1.165, 1.54) is 12.1 Å². The van der Waals surface area contributed by atoms with Crippen LogP contribution in [0.3, 0.4) is 0 Å². The third-order valence-corrected chi connectivity index (χ3v) is 0.0500. The SMILES string of the molecule is C=C(C)Cl.N#CC#N. The molecule has 0 aliphatic carbocycles. The lowest BCUT2D eigenvalue weighted by molar-refractivity contribution is 1.49. The zero-order valence-electron chi connectivity index (χ0n) is 4.48. The fourth-order valence-electron chi connectivity index (χ4n) is 0. The van der Waals surface area contributed by atoms with Crippen molar-refractivity contribution in [2.75, 3.05) is 0 Å². The predicted molar refractivity (Wildman–Crippen MR) is 31.9 cm³/mol. The molecule has 0 aromatic carbocycles. The largest absolute Gasteiger partial charge is 0.181 e. The molecule has 2 nitrogen and oxygen atoms in total. The van der Waals surface area contributed by atoms with Crippen LogP contribution in [0.1, 0.15) is 6.92 Å². The van der Waals surface area contributed by atoms with Gasteiger partial charge in [-0.1, -0.05) is 18.2 Å². The van der Waals surface area contributed by atoms with Gasteiger partial charge in [0.05, 0.1) is 0 Å². The standard InChI is InChI=1S/C3H5Cl.C2N2/c1-3(2)4;3-1-2-4/h1H2,2H3;. The molecule has 0 spiro atoms. The lowest BCUT2D eigenvalue weighted by atomic mass is 10.8. The molecular weight excluding hydrogens is 124 g/mol. The van der Waals surface area contributed by atoms with Gasteiger partial charge < -0.3 is 0 Å². The first kappa shape index (κ1) is 10.1. The maximum atomic E-state index is 7.26. The topological polar surface area (TPSA) is 47.6 Å². The summed E-state index contributed by atoms with van der Waals surface area (Å²) in [7, 11) is 0. The predicted octanol–water partition coefficient (Wildman–Crippen LogP) is 1.79. The molecule has 0 bridgehead atoms. The number of halogens is 1. The van der Waals surface area contributed by atoms with E-state index in [2.05, 4.69) is 6.58 Å². The van der Waals surface area contributed by atoms with E-state index in [4.69, 9.17) is 22.1 Å². The van der Waals surface area contributed by atoms with E-state index in [0.717, 1.165) is 0 Å². The Kier molecular flexibility index (Phi) is 11.8. The van der Waals surface area contributed by atoms with Crippen LogP contribution in [0.25, 0.3) is 0 Å². The third-order valence-electron chi connectivity index (χ3n) is 0.0500. The number of hydrogen-bond donors (Lipinski definition) is 0. The fourth-order valence-corrected chi connectivity index (χ4v) is 0. The average molecular weight is 129 g/mol. The smallest absolute Gasteiger partial charge is 0.181 e. The number of allylic oxidation sites excluding steroid dienone is 1. The highest BCUT2D eigenvalue weighted by Gasteiger charge is 1.55. The summed E-state index contributed by atoms with van der Waals surface area (Å²) in [4.78, 5) is 0. The molecule has 0 aliphatic heterocycles. The number of hydrogen-bond acceptors (Lipinski definition) is 2. The van der Waals surface area contributed by atoms with Gasteiger partial charge in [-0.25, -0.2) is 0 Å². The van der Waals surface area contributed by atoms with Gasteiger partial charge in [-0.15, -0.1) is 0 Å². The van der Waals surface area contributed by atoms with Crippen LogP contribution in [-0.4, -0.2) is 0 Å². The second kappa shape index (κ2) is 9.38. The molecule has 0 aromatic rings. The molecule has 0 radical (unpaired) electrons. The summed E-state index contributed by atoms with van der Waals surface area (Å²) in [6.45, 7) is 5.06. The van der Waals surface area contributed by atoms with E-state index in [9.17, 15) is 0 Å². The maximum absolute atomic E-state index is 7.26. The third kappa shape index (κ3) is 806000. The van der Waals surface area contributed by atoms with Crippen molar-refractivity contribution in [3.05, 3.63) is 11.6 Å². The van der Waals surface area contributed by atoms with E-state index >= 15 is 0 Å². The van der Waals surface area contributed by atoms with E-state index in [0.29, 0.717) is 5.03 Å². The Morgan fingerprint density at radius 3 is 1.62 bits per heavy atom. The molecular formula is C5H5ClN2. The highest BCUT2D eigenvalue weighted by atomic mass is 35.5. The van der Waals surface area contributed by atoms with Crippen molar-refractivity contribution in [1.82, 2.24) is 0 Å². The van der Waals surface area contributed by atoms with Gasteiger partial charge in [0.15, 0.2) is 12.1 Å².